The zero-order valence-electron chi connectivity index (χ0n) is 12.2. The van der Waals surface area contributed by atoms with Crippen LogP contribution in [0.15, 0.2) is 19.0 Å². The predicted molar refractivity (Wildman–Crippen MR) is 76.7 cm³/mol. The van der Waals surface area contributed by atoms with Crippen LogP contribution in [0.4, 0.5) is 4.79 Å². The Kier molecular flexibility index (Phi) is 4.30. The van der Waals surface area contributed by atoms with Gasteiger partial charge >= 0.3 is 12.0 Å². The Balaban J connectivity index is 2.28. The third-order valence-corrected chi connectivity index (χ3v) is 3.62. The standard InChI is InChI=1S/C14H20N4O3/c1-4-5-17(9(2)3)14(21)18-7-11-10(15-8-16-11)6-12(18)13(19)20/h4,8-9,12H,1,5-7H2,2-3H3,(H,15,16)(H,19,20). The van der Waals surface area contributed by atoms with Crippen LogP contribution in [0.5, 0.6) is 0 Å². The van der Waals surface area contributed by atoms with Crippen LogP contribution in [0.2, 0.25) is 0 Å². The lowest BCUT2D eigenvalue weighted by molar-refractivity contribution is -0.143. The fraction of sp³-hybridized carbons (Fsp3) is 0.500. The van der Waals surface area contributed by atoms with Crippen LogP contribution in [-0.2, 0) is 17.8 Å². The molecule has 1 atom stereocenters. The monoisotopic (exact) mass is 292 g/mol. The molecule has 0 spiro atoms. The number of nitrogens with zero attached hydrogens (tertiary/aromatic N) is 3. The molecule has 0 aromatic carbocycles. The number of H-pyrrole nitrogens is 1. The molecule has 2 heterocycles. The van der Waals surface area contributed by atoms with Crippen molar-refractivity contribution in [3.8, 4) is 0 Å². The number of carbonyl (C=O) groups is 2. The van der Waals surface area contributed by atoms with Gasteiger partial charge < -0.3 is 19.9 Å². The smallest absolute Gasteiger partial charge is 0.326 e. The molecule has 7 nitrogen and oxygen atoms in total. The van der Waals surface area contributed by atoms with Crippen molar-refractivity contribution in [1.29, 1.82) is 0 Å². The van der Waals surface area contributed by atoms with E-state index >= 15 is 0 Å². The molecule has 1 aliphatic heterocycles. The molecule has 114 valence electrons. The minimum Gasteiger partial charge on any atom is -0.480 e. The Morgan fingerprint density at radius 3 is 2.95 bits per heavy atom. The Labute approximate surface area is 123 Å². The number of aromatic nitrogens is 2. The third kappa shape index (κ3) is 2.91. The van der Waals surface area contributed by atoms with Crippen molar-refractivity contribution >= 4 is 12.0 Å². The lowest BCUT2D eigenvalue weighted by Gasteiger charge is -2.37. The van der Waals surface area contributed by atoms with E-state index in [1.54, 1.807) is 11.0 Å². The molecule has 7 heteroatoms. The number of carboxylic acids is 1. The highest BCUT2D eigenvalue weighted by Gasteiger charge is 2.38. The normalized spacial score (nSPS) is 17.5. The number of carbonyl (C=O) groups excluding carboxylic acids is 1. The van der Waals surface area contributed by atoms with Crippen LogP contribution in [0.3, 0.4) is 0 Å². The molecule has 0 aliphatic carbocycles. The summed E-state index contributed by atoms with van der Waals surface area (Å²) in [5.74, 6) is -1.01. The molecular formula is C14H20N4O3. The van der Waals surface area contributed by atoms with E-state index < -0.39 is 12.0 Å². The highest BCUT2D eigenvalue weighted by Crippen LogP contribution is 2.22. The van der Waals surface area contributed by atoms with Crippen molar-refractivity contribution in [2.75, 3.05) is 6.54 Å². The fourth-order valence-corrected chi connectivity index (χ4v) is 2.47. The second-order valence-corrected chi connectivity index (χ2v) is 5.33. The van der Waals surface area contributed by atoms with Crippen LogP contribution in [-0.4, -0.2) is 55.5 Å². The molecule has 1 unspecified atom stereocenters. The Morgan fingerprint density at radius 2 is 2.38 bits per heavy atom. The highest BCUT2D eigenvalue weighted by atomic mass is 16.4. The van der Waals surface area contributed by atoms with Gasteiger partial charge in [-0.15, -0.1) is 6.58 Å². The molecule has 0 saturated carbocycles. The van der Waals surface area contributed by atoms with Gasteiger partial charge in [0.05, 0.1) is 24.3 Å². The molecule has 21 heavy (non-hydrogen) atoms. The summed E-state index contributed by atoms with van der Waals surface area (Å²) in [4.78, 5) is 34.2. The van der Waals surface area contributed by atoms with Gasteiger partial charge in [-0.25, -0.2) is 14.6 Å². The van der Waals surface area contributed by atoms with Gasteiger partial charge in [0.2, 0.25) is 0 Å². The number of hydrogen-bond acceptors (Lipinski definition) is 3. The highest BCUT2D eigenvalue weighted by molar-refractivity contribution is 5.83. The van der Waals surface area contributed by atoms with Crippen LogP contribution in [0, 0.1) is 0 Å². The summed E-state index contributed by atoms with van der Waals surface area (Å²) in [6.07, 6.45) is 3.39. The Bertz CT molecular complexity index is 552. The minimum atomic E-state index is -1.01. The quantitative estimate of drug-likeness (QED) is 0.817. The number of rotatable bonds is 4. The predicted octanol–water partition coefficient (Wildman–Crippen LogP) is 1.24. The van der Waals surface area contributed by atoms with Crippen molar-refractivity contribution in [2.24, 2.45) is 0 Å². The van der Waals surface area contributed by atoms with Crippen molar-refractivity contribution in [1.82, 2.24) is 19.8 Å². The van der Waals surface area contributed by atoms with E-state index in [1.807, 2.05) is 13.8 Å². The van der Waals surface area contributed by atoms with Gasteiger partial charge in [-0.3, -0.25) is 0 Å². The number of carboxylic acid groups (broad SMARTS) is 1. The molecule has 0 saturated heterocycles. The van der Waals surface area contributed by atoms with Crippen LogP contribution in [0.25, 0.3) is 0 Å². The first-order chi connectivity index (χ1) is 9.95. The average molecular weight is 292 g/mol. The first kappa shape index (κ1) is 15.1. The summed E-state index contributed by atoms with van der Waals surface area (Å²) < 4.78 is 0. The number of urea groups is 1. The van der Waals surface area contributed by atoms with Gasteiger partial charge in [0, 0.05) is 19.0 Å². The molecule has 0 fully saturated rings. The number of aromatic amines is 1. The lowest BCUT2D eigenvalue weighted by Crippen LogP contribution is -2.54. The second-order valence-electron chi connectivity index (χ2n) is 5.33. The molecule has 1 aromatic rings. The summed E-state index contributed by atoms with van der Waals surface area (Å²) >= 11 is 0. The van der Waals surface area contributed by atoms with Crippen LogP contribution in [0.1, 0.15) is 25.2 Å². The summed E-state index contributed by atoms with van der Waals surface area (Å²) in [5, 5.41) is 9.40. The van der Waals surface area contributed by atoms with Crippen molar-refractivity contribution in [2.45, 2.75) is 38.9 Å². The summed E-state index contributed by atoms with van der Waals surface area (Å²) in [7, 11) is 0. The van der Waals surface area contributed by atoms with E-state index in [2.05, 4.69) is 16.5 Å². The van der Waals surface area contributed by atoms with Crippen LogP contribution < -0.4 is 0 Å². The maximum Gasteiger partial charge on any atom is 0.326 e. The zero-order valence-corrected chi connectivity index (χ0v) is 12.2. The lowest BCUT2D eigenvalue weighted by atomic mass is 10.0. The molecule has 2 N–H and O–H groups in total. The zero-order chi connectivity index (χ0) is 15.6. The topological polar surface area (TPSA) is 89.5 Å². The number of imidazole rings is 1. The summed E-state index contributed by atoms with van der Waals surface area (Å²) in [5.41, 5.74) is 1.51. The SMILES string of the molecule is C=CCN(C(=O)N1Cc2[nH]cnc2CC1C(=O)O)C(C)C. The molecule has 1 aliphatic rings. The Morgan fingerprint density at radius 1 is 1.67 bits per heavy atom. The van der Waals surface area contributed by atoms with Gasteiger partial charge in [-0.2, -0.15) is 0 Å². The minimum absolute atomic E-state index is 0.0342. The maximum atomic E-state index is 12.7. The van der Waals surface area contributed by atoms with Gasteiger partial charge in [-0.1, -0.05) is 6.08 Å². The number of hydrogen-bond donors (Lipinski definition) is 2. The third-order valence-electron chi connectivity index (χ3n) is 3.62. The summed E-state index contributed by atoms with van der Waals surface area (Å²) in [6.45, 7) is 8.04. The van der Waals surface area contributed by atoms with Gasteiger partial charge in [0.1, 0.15) is 6.04 Å². The average Bonchev–Trinajstić information content (AvgIpc) is 2.89. The van der Waals surface area contributed by atoms with Crippen molar-refractivity contribution in [3.05, 3.63) is 30.4 Å². The first-order valence-corrected chi connectivity index (χ1v) is 6.87. The van der Waals surface area contributed by atoms with E-state index in [1.165, 1.54) is 11.2 Å². The summed E-state index contributed by atoms with van der Waals surface area (Å²) in [6, 6.07) is -1.22. The number of fused-ring (bicyclic) bond motifs is 1. The molecule has 0 radical (unpaired) electrons. The van der Waals surface area contributed by atoms with E-state index in [-0.39, 0.29) is 25.0 Å². The number of aliphatic carboxylic acids is 1. The van der Waals surface area contributed by atoms with Gasteiger partial charge in [0.25, 0.3) is 0 Å². The van der Waals surface area contributed by atoms with Crippen molar-refractivity contribution < 1.29 is 14.7 Å². The van der Waals surface area contributed by atoms with E-state index in [9.17, 15) is 14.7 Å². The second kappa shape index (κ2) is 5.99. The molecule has 2 rings (SSSR count). The molecule has 2 amide bonds. The van der Waals surface area contributed by atoms with Crippen LogP contribution >= 0.6 is 0 Å². The van der Waals surface area contributed by atoms with E-state index in [0.29, 0.717) is 12.2 Å². The van der Waals surface area contributed by atoms with E-state index in [0.717, 1.165) is 5.69 Å². The Hall–Kier alpha value is -2.31. The van der Waals surface area contributed by atoms with E-state index in [4.69, 9.17) is 0 Å². The van der Waals surface area contributed by atoms with Gasteiger partial charge in [0.15, 0.2) is 0 Å². The fourth-order valence-electron chi connectivity index (χ4n) is 2.47. The number of amides is 2. The van der Waals surface area contributed by atoms with Gasteiger partial charge in [-0.05, 0) is 13.8 Å². The first-order valence-electron chi connectivity index (χ1n) is 6.87. The van der Waals surface area contributed by atoms with Crippen molar-refractivity contribution in [3.63, 3.8) is 0 Å². The molecule has 0 bridgehead atoms. The maximum absolute atomic E-state index is 12.7. The largest absolute Gasteiger partial charge is 0.480 e. The molecule has 1 aromatic heterocycles. The molecular weight excluding hydrogens is 272 g/mol. The number of nitrogens with one attached hydrogen (secondary N) is 1.